The summed E-state index contributed by atoms with van der Waals surface area (Å²) in [5, 5.41) is 2.77. The summed E-state index contributed by atoms with van der Waals surface area (Å²) >= 11 is 0. The van der Waals surface area contributed by atoms with Crippen molar-refractivity contribution in [2.45, 2.75) is 46.6 Å². The van der Waals surface area contributed by atoms with Crippen LogP contribution in [0.2, 0.25) is 0 Å². The lowest BCUT2D eigenvalue weighted by molar-refractivity contribution is -0.129. The zero-order valence-electron chi connectivity index (χ0n) is 12.8. The normalized spacial score (nSPS) is 18.3. The third-order valence-electron chi connectivity index (χ3n) is 3.92. The predicted molar refractivity (Wildman–Crippen MR) is 79.6 cm³/mol. The fraction of sp³-hybridized carbons (Fsp3) is 0.500. The Morgan fingerprint density at radius 2 is 2.05 bits per heavy atom. The zero-order valence-corrected chi connectivity index (χ0v) is 12.8. The van der Waals surface area contributed by atoms with Crippen molar-refractivity contribution in [2.75, 3.05) is 5.73 Å². The van der Waals surface area contributed by atoms with E-state index in [0.717, 1.165) is 0 Å². The molecule has 1 unspecified atom stereocenters. The van der Waals surface area contributed by atoms with Crippen molar-refractivity contribution in [3.63, 3.8) is 0 Å². The van der Waals surface area contributed by atoms with E-state index in [1.807, 2.05) is 0 Å². The van der Waals surface area contributed by atoms with Crippen LogP contribution in [0.25, 0.3) is 0 Å². The van der Waals surface area contributed by atoms with Crippen molar-refractivity contribution in [1.29, 1.82) is 0 Å². The van der Waals surface area contributed by atoms with Gasteiger partial charge in [0, 0.05) is 16.7 Å². The summed E-state index contributed by atoms with van der Waals surface area (Å²) < 4.78 is 13.7. The van der Waals surface area contributed by atoms with Gasteiger partial charge in [-0.1, -0.05) is 20.8 Å². The third kappa shape index (κ3) is 2.77. The van der Waals surface area contributed by atoms with Gasteiger partial charge in [-0.15, -0.1) is 0 Å². The van der Waals surface area contributed by atoms with Gasteiger partial charge >= 0.3 is 0 Å². The van der Waals surface area contributed by atoms with Crippen LogP contribution in [0.15, 0.2) is 6.07 Å². The molecule has 0 fully saturated rings. The van der Waals surface area contributed by atoms with Crippen LogP contribution in [0.1, 0.15) is 48.7 Å². The fourth-order valence-electron chi connectivity index (χ4n) is 2.53. The number of hydrogen-bond acceptors (Lipinski definition) is 3. The number of amides is 1. The minimum absolute atomic E-state index is 0.146. The molecule has 1 aliphatic carbocycles. The second-order valence-electron chi connectivity index (χ2n) is 6.61. The molecule has 3 N–H and O–H groups in total. The second-order valence-corrected chi connectivity index (χ2v) is 6.61. The first-order valence-corrected chi connectivity index (χ1v) is 7.05. The van der Waals surface area contributed by atoms with Gasteiger partial charge in [-0.05, 0) is 37.0 Å². The molecule has 0 aliphatic heterocycles. The number of hydrogen-bond donors (Lipinski definition) is 2. The first-order chi connectivity index (χ1) is 9.62. The van der Waals surface area contributed by atoms with Gasteiger partial charge in [-0.2, -0.15) is 0 Å². The van der Waals surface area contributed by atoms with Gasteiger partial charge in [-0.3, -0.25) is 9.59 Å². The minimum atomic E-state index is -0.587. The van der Waals surface area contributed by atoms with Crippen molar-refractivity contribution in [2.24, 2.45) is 5.41 Å². The number of carbonyl (C=O) groups excluding carboxylic acids is 2. The molecule has 1 aromatic rings. The number of fused-ring (bicyclic) bond motifs is 1. The largest absolute Gasteiger partial charge is 0.398 e. The van der Waals surface area contributed by atoms with Crippen molar-refractivity contribution >= 4 is 17.4 Å². The summed E-state index contributed by atoms with van der Waals surface area (Å²) in [5.74, 6) is -0.799. The number of rotatable bonds is 1. The van der Waals surface area contributed by atoms with E-state index in [0.29, 0.717) is 29.5 Å². The number of anilines is 1. The maximum atomic E-state index is 13.7. The number of Topliss-reactive ketones (excluding diaryl/α,β-unsaturated/α-hetero) is 1. The lowest BCUT2D eigenvalue weighted by Gasteiger charge is -2.29. The Bertz CT molecular complexity index is 618. The molecule has 0 heterocycles. The Labute approximate surface area is 123 Å². The monoisotopic (exact) mass is 292 g/mol. The Balaban J connectivity index is 2.34. The van der Waals surface area contributed by atoms with Crippen LogP contribution in [0.3, 0.4) is 0 Å². The average Bonchev–Trinajstić information content (AvgIpc) is 2.37. The van der Waals surface area contributed by atoms with Gasteiger partial charge in [0.25, 0.3) is 0 Å². The Kier molecular flexibility index (Phi) is 3.78. The van der Waals surface area contributed by atoms with Crippen LogP contribution >= 0.6 is 0 Å². The molecule has 0 spiro atoms. The highest BCUT2D eigenvalue weighted by atomic mass is 19.1. The lowest BCUT2D eigenvalue weighted by atomic mass is 9.83. The molecule has 1 amide bonds. The molecule has 5 heteroatoms. The molecule has 1 atom stereocenters. The highest BCUT2D eigenvalue weighted by Gasteiger charge is 2.34. The number of nitrogen functional groups attached to an aromatic ring is 1. The first-order valence-electron chi connectivity index (χ1n) is 7.05. The third-order valence-corrected chi connectivity index (χ3v) is 3.92. The molecular weight excluding hydrogens is 271 g/mol. The van der Waals surface area contributed by atoms with Crippen molar-refractivity contribution in [1.82, 2.24) is 5.32 Å². The summed E-state index contributed by atoms with van der Waals surface area (Å²) in [6.45, 7) is 7.02. The molecule has 0 bridgehead atoms. The van der Waals surface area contributed by atoms with Gasteiger partial charge in [-0.25, -0.2) is 4.39 Å². The topological polar surface area (TPSA) is 72.2 Å². The molecule has 114 valence electrons. The molecule has 1 aromatic carbocycles. The van der Waals surface area contributed by atoms with Crippen LogP contribution in [0.5, 0.6) is 0 Å². The van der Waals surface area contributed by atoms with E-state index in [2.05, 4.69) is 5.32 Å². The van der Waals surface area contributed by atoms with Crippen LogP contribution in [0.4, 0.5) is 10.1 Å². The SMILES string of the molecule is Cc1c(F)cc(N)c2c1CCC(NC(=O)C(C)(C)C)C2=O. The Morgan fingerprint density at radius 3 is 2.62 bits per heavy atom. The number of halogens is 1. The molecule has 0 saturated carbocycles. The maximum Gasteiger partial charge on any atom is 0.225 e. The Morgan fingerprint density at radius 1 is 1.43 bits per heavy atom. The van der Waals surface area contributed by atoms with E-state index >= 15 is 0 Å². The number of ketones is 1. The van der Waals surface area contributed by atoms with Gasteiger partial charge < -0.3 is 11.1 Å². The van der Waals surface area contributed by atoms with Gasteiger partial charge in [0.1, 0.15) is 5.82 Å². The van der Waals surface area contributed by atoms with Gasteiger partial charge in [0.05, 0.1) is 6.04 Å². The zero-order chi connectivity index (χ0) is 15.9. The maximum absolute atomic E-state index is 13.7. The average molecular weight is 292 g/mol. The van der Waals surface area contributed by atoms with E-state index < -0.39 is 17.3 Å². The highest BCUT2D eigenvalue weighted by Crippen LogP contribution is 2.31. The molecule has 0 radical (unpaired) electrons. The quantitative estimate of drug-likeness (QED) is 0.781. The van der Waals surface area contributed by atoms with E-state index in [4.69, 9.17) is 5.73 Å². The van der Waals surface area contributed by atoms with Crippen molar-refractivity contribution in [3.8, 4) is 0 Å². The van der Waals surface area contributed by atoms with Crippen molar-refractivity contribution in [3.05, 3.63) is 28.6 Å². The molecular formula is C16H21FN2O2. The summed E-state index contributed by atoms with van der Waals surface area (Å²) in [4.78, 5) is 24.6. The van der Waals surface area contributed by atoms with E-state index in [1.54, 1.807) is 27.7 Å². The number of benzene rings is 1. The predicted octanol–water partition coefficient (Wildman–Crippen LogP) is 2.38. The molecule has 0 aromatic heterocycles. The molecule has 2 rings (SSSR count). The molecule has 4 nitrogen and oxygen atoms in total. The summed E-state index contributed by atoms with van der Waals surface area (Å²) in [6, 6.07) is 0.594. The van der Waals surface area contributed by atoms with Crippen LogP contribution in [-0.2, 0) is 11.2 Å². The molecule has 0 saturated heterocycles. The van der Waals surface area contributed by atoms with Crippen LogP contribution in [-0.4, -0.2) is 17.7 Å². The number of nitrogens with two attached hydrogens (primary N) is 1. The summed E-state index contributed by atoms with van der Waals surface area (Å²) in [6.07, 6.45) is 1.00. The lowest BCUT2D eigenvalue weighted by Crippen LogP contribution is -2.47. The smallest absolute Gasteiger partial charge is 0.225 e. The van der Waals surface area contributed by atoms with Gasteiger partial charge in [0.2, 0.25) is 5.91 Å². The first kappa shape index (κ1) is 15.5. The van der Waals surface area contributed by atoms with E-state index in [-0.39, 0.29) is 17.4 Å². The van der Waals surface area contributed by atoms with Crippen LogP contribution in [0, 0.1) is 18.2 Å². The van der Waals surface area contributed by atoms with E-state index in [9.17, 15) is 14.0 Å². The van der Waals surface area contributed by atoms with Gasteiger partial charge in [0.15, 0.2) is 5.78 Å². The standard InChI is InChI=1S/C16H21FN2O2/c1-8-9-5-6-12(19-15(21)16(2,3)4)14(20)13(9)11(18)7-10(8)17/h7,12H,5-6,18H2,1-4H3,(H,19,21). The second kappa shape index (κ2) is 5.13. The molecule has 21 heavy (non-hydrogen) atoms. The summed E-state index contributed by atoms with van der Waals surface area (Å²) in [7, 11) is 0. The minimum Gasteiger partial charge on any atom is -0.398 e. The molecule has 1 aliphatic rings. The highest BCUT2D eigenvalue weighted by molar-refractivity contribution is 6.08. The Hall–Kier alpha value is -1.91. The van der Waals surface area contributed by atoms with E-state index in [1.165, 1.54) is 6.07 Å². The number of nitrogens with one attached hydrogen (secondary N) is 1. The fourth-order valence-corrected chi connectivity index (χ4v) is 2.53. The van der Waals surface area contributed by atoms with Crippen molar-refractivity contribution < 1.29 is 14.0 Å². The van der Waals surface area contributed by atoms with Crippen LogP contribution < -0.4 is 11.1 Å². The summed E-state index contributed by atoms with van der Waals surface area (Å²) in [5.41, 5.74) is 6.88. The number of carbonyl (C=O) groups is 2.